The highest BCUT2D eigenvalue weighted by atomic mass is 16.2. The first-order valence-corrected chi connectivity index (χ1v) is 12.7. The Labute approximate surface area is 205 Å². The number of hydrogen-bond donors (Lipinski definition) is 2. The summed E-state index contributed by atoms with van der Waals surface area (Å²) in [4.78, 5) is 43.6. The Morgan fingerprint density at radius 1 is 0.857 bits per heavy atom. The molecule has 4 saturated carbocycles. The molecule has 2 aromatic rings. The van der Waals surface area contributed by atoms with Crippen LogP contribution < -0.4 is 20.4 Å². The van der Waals surface area contributed by atoms with Crippen LogP contribution >= 0.6 is 0 Å². The number of amides is 4. The van der Waals surface area contributed by atoms with Gasteiger partial charge in [-0.05, 0) is 86.0 Å². The number of nitrogens with one attached hydrogen (secondary N) is 2. The summed E-state index contributed by atoms with van der Waals surface area (Å²) in [5, 5.41) is 5.41. The molecule has 5 aliphatic rings. The molecule has 2 N–H and O–H groups in total. The molecule has 7 rings (SSSR count). The number of anilines is 3. The van der Waals surface area contributed by atoms with E-state index in [0.717, 1.165) is 42.7 Å². The Bertz CT molecular complexity index is 1130. The third-order valence-corrected chi connectivity index (χ3v) is 8.59. The van der Waals surface area contributed by atoms with Gasteiger partial charge in [0, 0.05) is 19.3 Å². The highest BCUT2D eigenvalue weighted by Crippen LogP contribution is 2.60. The zero-order chi connectivity index (χ0) is 24.2. The van der Waals surface area contributed by atoms with Crippen LogP contribution in [0.15, 0.2) is 54.6 Å². The van der Waals surface area contributed by atoms with Gasteiger partial charge in [-0.3, -0.25) is 9.59 Å². The lowest BCUT2D eigenvalue weighted by molar-refractivity contribution is -0.129. The van der Waals surface area contributed by atoms with Crippen molar-refractivity contribution in [1.29, 1.82) is 0 Å². The lowest BCUT2D eigenvalue weighted by Gasteiger charge is -2.57. The third-order valence-electron chi connectivity index (χ3n) is 8.59. The van der Waals surface area contributed by atoms with Gasteiger partial charge < -0.3 is 20.4 Å². The minimum absolute atomic E-state index is 0.0975. The Morgan fingerprint density at radius 2 is 1.43 bits per heavy atom. The molecule has 2 aromatic carbocycles. The van der Waals surface area contributed by atoms with Gasteiger partial charge in [-0.2, -0.15) is 0 Å². The quantitative estimate of drug-likeness (QED) is 0.647. The van der Waals surface area contributed by atoms with E-state index in [-0.39, 0.29) is 11.3 Å². The zero-order valence-corrected chi connectivity index (χ0v) is 20.1. The van der Waals surface area contributed by atoms with Gasteiger partial charge in [-0.25, -0.2) is 4.79 Å². The minimum Gasteiger partial charge on any atom is -0.318 e. The van der Waals surface area contributed by atoms with Gasteiger partial charge >= 0.3 is 6.03 Å². The second kappa shape index (κ2) is 8.40. The van der Waals surface area contributed by atoms with Gasteiger partial charge in [-0.15, -0.1) is 0 Å². The van der Waals surface area contributed by atoms with E-state index in [1.165, 1.54) is 24.2 Å². The van der Waals surface area contributed by atoms with Crippen molar-refractivity contribution in [2.45, 2.75) is 44.6 Å². The molecule has 7 heteroatoms. The van der Waals surface area contributed by atoms with Crippen molar-refractivity contribution >= 4 is 34.9 Å². The average Bonchev–Trinajstić information content (AvgIpc) is 2.90. The number of benzene rings is 2. The molecule has 0 radical (unpaired) electrons. The third kappa shape index (κ3) is 3.97. The fourth-order valence-electron chi connectivity index (χ4n) is 7.59. The van der Waals surface area contributed by atoms with Crippen molar-refractivity contribution in [2.24, 2.45) is 23.2 Å². The summed E-state index contributed by atoms with van der Waals surface area (Å²) in [5.41, 5.74) is 2.14. The highest BCUT2D eigenvalue weighted by molar-refractivity contribution is 6.21. The van der Waals surface area contributed by atoms with E-state index in [1.807, 2.05) is 42.5 Å². The number of para-hydroxylation sites is 3. The molecule has 4 amide bonds. The van der Waals surface area contributed by atoms with Gasteiger partial charge in [0.05, 0.1) is 11.4 Å². The van der Waals surface area contributed by atoms with E-state index in [9.17, 15) is 14.4 Å². The number of fused-ring (bicyclic) bond motifs is 1. The number of hydrogen-bond acceptors (Lipinski definition) is 3. The summed E-state index contributed by atoms with van der Waals surface area (Å²) in [6.07, 6.45) is 7.45. The second-order valence-electron chi connectivity index (χ2n) is 11.1. The standard InChI is InChI=1S/C28H32N4O3/c1-31-22-9-5-6-10-23(22)32(17-28-14-18-11-19(15-28)13-20(12-18)16-28)26(34)24(25(31)33)30-27(35)29-21-7-3-2-4-8-21/h2-10,18-20,24H,11-17H2,1H3,(H2,29,30,35)/t18?,19?,20?,24-,28?/m1/s1. The molecule has 4 fully saturated rings. The lowest BCUT2D eigenvalue weighted by atomic mass is 9.49. The summed E-state index contributed by atoms with van der Waals surface area (Å²) < 4.78 is 0. The molecule has 35 heavy (non-hydrogen) atoms. The predicted octanol–water partition coefficient (Wildman–Crippen LogP) is 4.40. The van der Waals surface area contributed by atoms with Crippen LogP contribution in [-0.4, -0.2) is 37.5 Å². The van der Waals surface area contributed by atoms with Crippen LogP contribution in [0.5, 0.6) is 0 Å². The fraction of sp³-hybridized carbons (Fsp3) is 0.464. The van der Waals surface area contributed by atoms with Crippen molar-refractivity contribution in [3.8, 4) is 0 Å². The summed E-state index contributed by atoms with van der Waals surface area (Å²) >= 11 is 0. The molecular weight excluding hydrogens is 440 g/mol. The summed E-state index contributed by atoms with van der Waals surface area (Å²) in [7, 11) is 1.67. The van der Waals surface area contributed by atoms with E-state index in [1.54, 1.807) is 24.1 Å². The van der Waals surface area contributed by atoms with Gasteiger partial charge in [0.1, 0.15) is 0 Å². The Balaban J connectivity index is 1.31. The number of carbonyl (C=O) groups is 3. The Kier molecular flexibility index (Phi) is 5.31. The van der Waals surface area contributed by atoms with E-state index in [0.29, 0.717) is 17.9 Å². The average molecular weight is 473 g/mol. The molecule has 0 unspecified atom stereocenters. The maximum absolute atomic E-state index is 14.0. The molecular formula is C28H32N4O3. The van der Waals surface area contributed by atoms with Crippen LogP contribution in [0.25, 0.3) is 0 Å². The van der Waals surface area contributed by atoms with E-state index in [4.69, 9.17) is 0 Å². The second-order valence-corrected chi connectivity index (χ2v) is 11.1. The van der Waals surface area contributed by atoms with Crippen LogP contribution in [0.3, 0.4) is 0 Å². The molecule has 0 saturated heterocycles. The fourth-order valence-corrected chi connectivity index (χ4v) is 7.59. The Morgan fingerprint density at radius 3 is 2.06 bits per heavy atom. The van der Waals surface area contributed by atoms with Crippen LogP contribution in [0.1, 0.15) is 38.5 Å². The van der Waals surface area contributed by atoms with Gasteiger partial charge in [0.25, 0.3) is 11.8 Å². The number of likely N-dealkylation sites (N-methyl/N-ethyl adjacent to an activating group) is 1. The van der Waals surface area contributed by atoms with Gasteiger partial charge in [-0.1, -0.05) is 30.3 Å². The highest BCUT2D eigenvalue weighted by Gasteiger charge is 2.53. The first-order valence-electron chi connectivity index (χ1n) is 12.7. The smallest absolute Gasteiger partial charge is 0.318 e. The molecule has 4 bridgehead atoms. The van der Waals surface area contributed by atoms with Crippen molar-refractivity contribution in [3.05, 3.63) is 54.6 Å². The van der Waals surface area contributed by atoms with E-state index < -0.39 is 18.0 Å². The number of urea groups is 1. The van der Waals surface area contributed by atoms with Crippen LogP contribution in [-0.2, 0) is 9.59 Å². The number of carbonyl (C=O) groups excluding carboxylic acids is 3. The first kappa shape index (κ1) is 22.1. The Hall–Kier alpha value is -3.35. The molecule has 182 valence electrons. The largest absolute Gasteiger partial charge is 0.320 e. The van der Waals surface area contributed by atoms with Crippen molar-refractivity contribution in [1.82, 2.24) is 5.32 Å². The van der Waals surface area contributed by atoms with Gasteiger partial charge in [0.2, 0.25) is 0 Å². The van der Waals surface area contributed by atoms with Crippen LogP contribution in [0.2, 0.25) is 0 Å². The SMILES string of the molecule is CN1C(=O)[C@@H](NC(=O)Nc2ccccc2)C(=O)N(CC23CC4CC(CC(C4)C2)C3)c2ccccc21. The maximum atomic E-state index is 14.0. The summed E-state index contributed by atoms with van der Waals surface area (Å²) in [6, 6.07) is 14.7. The maximum Gasteiger partial charge on any atom is 0.320 e. The van der Waals surface area contributed by atoms with E-state index >= 15 is 0 Å². The molecule has 7 nitrogen and oxygen atoms in total. The monoisotopic (exact) mass is 472 g/mol. The lowest BCUT2D eigenvalue weighted by Crippen LogP contribution is -2.58. The van der Waals surface area contributed by atoms with Gasteiger partial charge in [0.15, 0.2) is 6.04 Å². The topological polar surface area (TPSA) is 81.8 Å². The molecule has 1 atom stereocenters. The first-order chi connectivity index (χ1) is 16.9. The predicted molar refractivity (Wildman–Crippen MR) is 135 cm³/mol. The van der Waals surface area contributed by atoms with Crippen molar-refractivity contribution < 1.29 is 14.4 Å². The molecule has 1 aliphatic heterocycles. The van der Waals surface area contributed by atoms with Crippen LogP contribution in [0, 0.1) is 23.2 Å². The summed E-state index contributed by atoms with van der Waals surface area (Å²) in [5.74, 6) is 1.49. The summed E-state index contributed by atoms with van der Waals surface area (Å²) in [6.45, 7) is 0.603. The van der Waals surface area contributed by atoms with Crippen LogP contribution in [0.4, 0.5) is 21.9 Å². The zero-order valence-electron chi connectivity index (χ0n) is 20.1. The minimum atomic E-state index is -1.29. The van der Waals surface area contributed by atoms with Crippen molar-refractivity contribution in [2.75, 3.05) is 28.7 Å². The number of nitrogens with zero attached hydrogens (tertiary/aromatic N) is 2. The molecule has 4 aliphatic carbocycles. The number of rotatable bonds is 4. The molecule has 0 aromatic heterocycles. The van der Waals surface area contributed by atoms with E-state index in [2.05, 4.69) is 10.6 Å². The molecule has 0 spiro atoms. The molecule has 1 heterocycles. The normalized spacial score (nSPS) is 31.2. The van der Waals surface area contributed by atoms with Crippen molar-refractivity contribution in [3.63, 3.8) is 0 Å².